The number of carbonyl (C=O) groups excluding carboxylic acids is 3. The first kappa shape index (κ1) is 26.0. The monoisotopic (exact) mass is 520 g/mol. The minimum Gasteiger partial charge on any atom is -0.466 e. The van der Waals surface area contributed by atoms with Gasteiger partial charge in [0.2, 0.25) is 5.91 Å². The second-order valence-electron chi connectivity index (χ2n) is 9.48. The van der Waals surface area contributed by atoms with Gasteiger partial charge in [0.05, 0.1) is 23.2 Å². The highest BCUT2D eigenvalue weighted by Crippen LogP contribution is 2.68. The molecule has 3 fully saturated rings. The van der Waals surface area contributed by atoms with E-state index in [9.17, 15) is 19.5 Å². The summed E-state index contributed by atoms with van der Waals surface area (Å²) in [4.78, 5) is 44.6. The zero-order chi connectivity index (χ0) is 25.3. The molecule has 7 nitrogen and oxygen atoms in total. The Hall–Kier alpha value is -2.03. The fourth-order valence-electron chi connectivity index (χ4n) is 6.16. The standard InChI is InChI=1S/C26H33ClN2O5S/c1-4-12-28(18-10-8-17(27)9-11-18)24(32)22-26-16(3)15-19(35-26)20(25(33)34-5-2)21(26)23(31)29(22)13-6-7-14-30/h4,8-11,16,19-22,30H,1,5-7,12-15H2,2-3H3/t16?,19-,20+,21+,22?,26?/m1/s1. The van der Waals surface area contributed by atoms with Gasteiger partial charge in [0.15, 0.2) is 0 Å². The Morgan fingerprint density at radius 2 is 2.06 bits per heavy atom. The van der Waals surface area contributed by atoms with Gasteiger partial charge in [0.25, 0.3) is 5.91 Å². The maximum atomic E-state index is 14.4. The molecule has 0 aliphatic carbocycles. The molecule has 1 N–H and O–H groups in total. The van der Waals surface area contributed by atoms with Crippen molar-refractivity contribution >= 4 is 46.8 Å². The summed E-state index contributed by atoms with van der Waals surface area (Å²) in [6, 6.07) is 6.31. The van der Waals surface area contributed by atoms with Crippen LogP contribution >= 0.6 is 23.4 Å². The molecule has 190 valence electrons. The highest BCUT2D eigenvalue weighted by Gasteiger charge is 2.76. The first-order chi connectivity index (χ1) is 16.8. The van der Waals surface area contributed by atoms with E-state index in [0.29, 0.717) is 30.1 Å². The smallest absolute Gasteiger partial charge is 0.310 e. The summed E-state index contributed by atoms with van der Waals surface area (Å²) in [6.45, 7) is 8.59. The van der Waals surface area contributed by atoms with E-state index in [4.69, 9.17) is 16.3 Å². The number of hydrogen-bond donors (Lipinski definition) is 1. The Balaban J connectivity index is 1.78. The van der Waals surface area contributed by atoms with Crippen LogP contribution in [0.3, 0.4) is 0 Å². The normalized spacial score (nSPS) is 30.9. The van der Waals surface area contributed by atoms with Crippen LogP contribution in [0, 0.1) is 17.8 Å². The minimum atomic E-state index is -0.723. The summed E-state index contributed by atoms with van der Waals surface area (Å²) in [6.07, 6.45) is 3.53. The van der Waals surface area contributed by atoms with Crippen LogP contribution in [0.4, 0.5) is 5.69 Å². The Bertz CT molecular complexity index is 988. The summed E-state index contributed by atoms with van der Waals surface area (Å²) in [5, 5.41) is 9.85. The number of fused-ring (bicyclic) bond motifs is 1. The van der Waals surface area contributed by atoms with Crippen molar-refractivity contribution in [2.24, 2.45) is 17.8 Å². The van der Waals surface area contributed by atoms with Crippen molar-refractivity contribution in [3.63, 3.8) is 0 Å². The Labute approximate surface area is 215 Å². The van der Waals surface area contributed by atoms with E-state index >= 15 is 0 Å². The van der Waals surface area contributed by atoms with Crippen LogP contribution in [0.25, 0.3) is 0 Å². The molecule has 0 radical (unpaired) electrons. The molecule has 3 heterocycles. The zero-order valence-corrected chi connectivity index (χ0v) is 21.8. The van der Waals surface area contributed by atoms with Gasteiger partial charge in [-0.15, -0.1) is 18.3 Å². The highest BCUT2D eigenvalue weighted by molar-refractivity contribution is 8.02. The second-order valence-corrected chi connectivity index (χ2v) is 11.5. The number of aliphatic hydroxyl groups is 1. The van der Waals surface area contributed by atoms with Gasteiger partial charge in [-0.25, -0.2) is 0 Å². The van der Waals surface area contributed by atoms with Gasteiger partial charge in [-0.2, -0.15) is 0 Å². The lowest BCUT2D eigenvalue weighted by atomic mass is 9.66. The van der Waals surface area contributed by atoms with E-state index in [0.717, 1.165) is 6.42 Å². The van der Waals surface area contributed by atoms with Crippen LogP contribution in [0.15, 0.2) is 36.9 Å². The summed E-state index contributed by atoms with van der Waals surface area (Å²) in [5.74, 6) is -1.76. The van der Waals surface area contributed by atoms with Crippen molar-refractivity contribution < 1.29 is 24.2 Å². The number of esters is 1. The third-order valence-corrected chi connectivity index (χ3v) is 9.89. The quantitative estimate of drug-likeness (QED) is 0.288. The molecular formula is C26H33ClN2O5S. The molecule has 0 aromatic heterocycles. The lowest BCUT2D eigenvalue weighted by Crippen LogP contribution is -2.57. The van der Waals surface area contributed by atoms with Crippen LogP contribution in [-0.2, 0) is 19.1 Å². The number of ether oxygens (including phenoxy) is 1. The number of amides is 2. The molecule has 3 aliphatic rings. The van der Waals surface area contributed by atoms with Gasteiger partial charge in [-0.05, 0) is 56.4 Å². The molecule has 3 aliphatic heterocycles. The Morgan fingerprint density at radius 3 is 2.69 bits per heavy atom. The van der Waals surface area contributed by atoms with Gasteiger partial charge in [-0.1, -0.05) is 24.6 Å². The first-order valence-electron chi connectivity index (χ1n) is 12.2. The molecule has 35 heavy (non-hydrogen) atoms. The summed E-state index contributed by atoms with van der Waals surface area (Å²) < 4.78 is 4.68. The minimum absolute atomic E-state index is 0.0151. The molecule has 2 amide bonds. The van der Waals surface area contributed by atoms with E-state index in [1.807, 2.05) is 0 Å². The number of rotatable bonds is 10. The number of anilines is 1. The number of carbonyl (C=O) groups is 3. The zero-order valence-electron chi connectivity index (χ0n) is 20.2. The van der Waals surface area contributed by atoms with E-state index in [1.54, 1.807) is 58.8 Å². The molecule has 4 rings (SSSR count). The lowest BCUT2D eigenvalue weighted by Gasteiger charge is -2.40. The van der Waals surface area contributed by atoms with Crippen LogP contribution in [0.2, 0.25) is 5.02 Å². The molecule has 9 heteroatoms. The Morgan fingerprint density at radius 1 is 1.34 bits per heavy atom. The van der Waals surface area contributed by atoms with E-state index in [2.05, 4.69) is 13.5 Å². The molecule has 6 atom stereocenters. The molecule has 1 aromatic rings. The largest absolute Gasteiger partial charge is 0.466 e. The van der Waals surface area contributed by atoms with Crippen LogP contribution in [-0.4, -0.2) is 70.1 Å². The summed E-state index contributed by atoms with van der Waals surface area (Å²) in [5.41, 5.74) is 0.675. The number of nitrogens with zero attached hydrogens (tertiary/aromatic N) is 2. The molecular weight excluding hydrogens is 488 g/mol. The maximum absolute atomic E-state index is 14.4. The third kappa shape index (κ3) is 4.27. The average molecular weight is 521 g/mol. The van der Waals surface area contributed by atoms with Crippen LogP contribution in [0.5, 0.6) is 0 Å². The first-order valence-corrected chi connectivity index (χ1v) is 13.5. The van der Waals surface area contributed by atoms with Gasteiger partial charge in [-0.3, -0.25) is 14.4 Å². The molecule has 0 saturated carbocycles. The van der Waals surface area contributed by atoms with Crippen molar-refractivity contribution in [2.45, 2.75) is 49.1 Å². The van der Waals surface area contributed by atoms with Crippen molar-refractivity contribution in [3.05, 3.63) is 41.9 Å². The highest BCUT2D eigenvalue weighted by atomic mass is 35.5. The predicted molar refractivity (Wildman–Crippen MR) is 137 cm³/mol. The van der Waals surface area contributed by atoms with E-state index < -0.39 is 22.6 Å². The second kappa shape index (κ2) is 10.5. The third-order valence-electron chi connectivity index (χ3n) is 7.56. The van der Waals surface area contributed by atoms with Gasteiger partial charge < -0.3 is 19.6 Å². The van der Waals surface area contributed by atoms with Gasteiger partial charge >= 0.3 is 5.97 Å². The van der Waals surface area contributed by atoms with E-state index in [-0.39, 0.29) is 48.7 Å². The van der Waals surface area contributed by atoms with Gasteiger partial charge in [0.1, 0.15) is 6.04 Å². The van der Waals surface area contributed by atoms with Gasteiger partial charge in [0, 0.05) is 35.7 Å². The molecule has 1 aromatic carbocycles. The van der Waals surface area contributed by atoms with Crippen molar-refractivity contribution in [1.82, 2.24) is 4.90 Å². The molecule has 2 bridgehead atoms. The van der Waals surface area contributed by atoms with Crippen molar-refractivity contribution in [2.75, 3.05) is 31.2 Å². The number of thioether (sulfide) groups is 1. The lowest BCUT2D eigenvalue weighted by molar-refractivity contribution is -0.154. The fraction of sp³-hybridized carbons (Fsp3) is 0.577. The SMILES string of the molecule is C=CCN(C(=O)C1N(CCCCO)C(=O)[C@@H]2[C@@H](C(=O)OCC)[C@H]3CC(C)C12S3)c1ccc(Cl)cc1. The molecule has 1 spiro atoms. The van der Waals surface area contributed by atoms with Crippen LogP contribution < -0.4 is 4.90 Å². The van der Waals surface area contributed by atoms with Crippen molar-refractivity contribution in [1.29, 1.82) is 0 Å². The maximum Gasteiger partial charge on any atom is 0.310 e. The van der Waals surface area contributed by atoms with Crippen LogP contribution in [0.1, 0.15) is 33.1 Å². The fourth-order valence-corrected chi connectivity index (χ4v) is 8.69. The number of halogens is 1. The number of hydrogen-bond acceptors (Lipinski definition) is 6. The number of benzene rings is 1. The average Bonchev–Trinajstić information content (AvgIpc) is 3.42. The van der Waals surface area contributed by atoms with E-state index in [1.165, 1.54) is 0 Å². The molecule has 3 saturated heterocycles. The van der Waals surface area contributed by atoms with Crippen molar-refractivity contribution in [3.8, 4) is 0 Å². The summed E-state index contributed by atoms with van der Waals surface area (Å²) >= 11 is 7.71. The topological polar surface area (TPSA) is 87.2 Å². The number of aliphatic hydroxyl groups excluding tert-OH is 1. The summed E-state index contributed by atoms with van der Waals surface area (Å²) in [7, 11) is 0. The predicted octanol–water partition coefficient (Wildman–Crippen LogP) is 3.53. The Kier molecular flexibility index (Phi) is 7.83. The number of unbranched alkanes of at least 4 members (excludes halogenated alkanes) is 1. The number of likely N-dealkylation sites (tertiary alicyclic amines) is 1. The molecule has 3 unspecified atom stereocenters.